The fourth-order valence-corrected chi connectivity index (χ4v) is 6.20. The van der Waals surface area contributed by atoms with E-state index in [4.69, 9.17) is 14.2 Å². The maximum absolute atomic E-state index is 13.6. The number of aromatic nitrogens is 1. The average Bonchev–Trinajstić information content (AvgIpc) is 3.33. The summed E-state index contributed by atoms with van der Waals surface area (Å²) in [6, 6.07) is 5.59. The molecule has 0 bridgehead atoms. The van der Waals surface area contributed by atoms with Crippen LogP contribution in [-0.2, 0) is 31.0 Å². The number of rotatable bonds is 9. The number of ether oxygens (including phenoxy) is 3. The van der Waals surface area contributed by atoms with Gasteiger partial charge < -0.3 is 19.5 Å². The van der Waals surface area contributed by atoms with Crippen LogP contribution in [0, 0.1) is 10.8 Å². The number of benzene rings is 1. The van der Waals surface area contributed by atoms with Crippen molar-refractivity contribution in [2.45, 2.75) is 97.9 Å². The molecule has 11 nitrogen and oxygen atoms in total. The largest absolute Gasteiger partial charge is 0.510 e. The lowest BCUT2D eigenvalue weighted by Gasteiger charge is -2.28. The number of carbonyl (C=O) groups is 2. The van der Waals surface area contributed by atoms with Crippen molar-refractivity contribution in [3.63, 3.8) is 0 Å². The Morgan fingerprint density at radius 2 is 1.67 bits per heavy atom. The van der Waals surface area contributed by atoms with Gasteiger partial charge in [-0.25, -0.2) is 18.0 Å². The first kappa shape index (κ1) is 33.4. The van der Waals surface area contributed by atoms with Crippen molar-refractivity contribution in [3.05, 3.63) is 40.8 Å². The lowest BCUT2D eigenvalue weighted by atomic mass is 9.80. The number of alkyl carbamates (subject to hydrolysis) is 1. The van der Waals surface area contributed by atoms with Gasteiger partial charge in [-0.1, -0.05) is 40.7 Å². The van der Waals surface area contributed by atoms with Crippen LogP contribution in [0.25, 0.3) is 10.8 Å². The summed E-state index contributed by atoms with van der Waals surface area (Å²) in [6.07, 6.45) is 2.18. The smallest absolute Gasteiger partial charge is 0.444 e. The maximum Gasteiger partial charge on any atom is 0.510 e. The number of hydrogen-bond donors (Lipinski definition) is 1. The summed E-state index contributed by atoms with van der Waals surface area (Å²) in [7, 11) is -3.97. The zero-order valence-corrected chi connectivity index (χ0v) is 26.8. The second kappa shape index (κ2) is 12.6. The standard InChI is InChI=1S/C30H45N3O8S/c1-28(2,3)14-15-30(7,8)19-39-27(36)40-20-32-16-13-22-23(25(32)34)10-9-11-24(22)42(37,38)33-17-12-21(18-33)31-26(35)41-29(4,5)6/h9-11,13,16,21H,12,14-15,17-20H2,1-8H3,(H,31,35). The predicted octanol–water partition coefficient (Wildman–Crippen LogP) is 5.25. The van der Waals surface area contributed by atoms with E-state index in [0.717, 1.165) is 12.8 Å². The van der Waals surface area contributed by atoms with Crippen molar-refractivity contribution in [2.24, 2.45) is 10.8 Å². The minimum absolute atomic E-state index is 0.0139. The Kier molecular flexibility index (Phi) is 10.0. The molecule has 0 radical (unpaired) electrons. The third kappa shape index (κ3) is 9.19. The molecular formula is C30H45N3O8S. The Balaban J connectivity index is 1.67. The summed E-state index contributed by atoms with van der Waals surface area (Å²) in [5, 5.41) is 3.15. The fraction of sp³-hybridized carbons (Fsp3) is 0.633. The first-order valence-electron chi connectivity index (χ1n) is 14.2. The highest BCUT2D eigenvalue weighted by Gasteiger charge is 2.35. The van der Waals surface area contributed by atoms with Crippen molar-refractivity contribution in [1.29, 1.82) is 0 Å². The van der Waals surface area contributed by atoms with Gasteiger partial charge in [-0.15, -0.1) is 0 Å². The number of sulfonamides is 1. The van der Waals surface area contributed by atoms with E-state index in [0.29, 0.717) is 6.42 Å². The van der Waals surface area contributed by atoms with Gasteiger partial charge in [-0.2, -0.15) is 4.31 Å². The van der Waals surface area contributed by atoms with Gasteiger partial charge in [0.15, 0.2) is 6.73 Å². The molecule has 1 aliphatic heterocycles. The molecule has 0 spiro atoms. The van der Waals surface area contributed by atoms with Crippen molar-refractivity contribution in [1.82, 2.24) is 14.2 Å². The Bertz CT molecular complexity index is 1450. The summed E-state index contributed by atoms with van der Waals surface area (Å²) < 4.78 is 45.4. The molecule has 0 saturated carbocycles. The Hall–Kier alpha value is -3.12. The lowest BCUT2D eigenvalue weighted by molar-refractivity contribution is 0.00882. The molecule has 0 aliphatic carbocycles. The van der Waals surface area contributed by atoms with Crippen molar-refractivity contribution >= 4 is 33.0 Å². The number of pyridine rings is 1. The number of carbonyl (C=O) groups excluding carboxylic acids is 2. The van der Waals surface area contributed by atoms with Crippen LogP contribution in [0.4, 0.5) is 9.59 Å². The lowest BCUT2D eigenvalue weighted by Crippen LogP contribution is -2.41. The van der Waals surface area contributed by atoms with Crippen LogP contribution in [0.5, 0.6) is 0 Å². The maximum atomic E-state index is 13.6. The van der Waals surface area contributed by atoms with Crippen LogP contribution in [0.2, 0.25) is 0 Å². The number of amides is 1. The third-order valence-electron chi connectivity index (χ3n) is 6.92. The molecule has 2 heterocycles. The summed E-state index contributed by atoms with van der Waals surface area (Å²) >= 11 is 0. The van der Waals surface area contributed by atoms with E-state index < -0.39 is 39.5 Å². The molecule has 1 aromatic heterocycles. The molecule has 1 aromatic carbocycles. The van der Waals surface area contributed by atoms with E-state index in [-0.39, 0.29) is 52.9 Å². The zero-order valence-electron chi connectivity index (χ0n) is 26.0. The molecule has 2 aromatic rings. The van der Waals surface area contributed by atoms with E-state index in [1.54, 1.807) is 20.8 Å². The Morgan fingerprint density at radius 3 is 2.31 bits per heavy atom. The second-order valence-corrected chi connectivity index (χ2v) is 15.7. The molecule has 1 N–H and O–H groups in total. The molecule has 1 saturated heterocycles. The van der Waals surface area contributed by atoms with Gasteiger partial charge in [0, 0.05) is 36.1 Å². The van der Waals surface area contributed by atoms with E-state index >= 15 is 0 Å². The second-order valence-electron chi connectivity index (χ2n) is 13.8. The zero-order chi connectivity index (χ0) is 31.5. The van der Waals surface area contributed by atoms with E-state index in [1.165, 1.54) is 39.3 Å². The first-order chi connectivity index (χ1) is 19.3. The van der Waals surface area contributed by atoms with E-state index in [1.807, 2.05) is 13.8 Å². The molecule has 1 amide bonds. The Labute approximate surface area is 248 Å². The van der Waals surface area contributed by atoms with Crippen LogP contribution in [0.1, 0.15) is 74.7 Å². The number of nitrogens with one attached hydrogen (secondary N) is 1. The van der Waals surface area contributed by atoms with Crippen molar-refractivity contribution in [3.8, 4) is 0 Å². The molecule has 1 unspecified atom stereocenters. The topological polar surface area (TPSA) is 133 Å². The van der Waals surface area contributed by atoms with Gasteiger partial charge in [0.1, 0.15) is 12.2 Å². The average molecular weight is 608 g/mol. The summed E-state index contributed by atoms with van der Waals surface area (Å²) in [6.45, 7) is 15.9. The molecular weight excluding hydrogens is 562 g/mol. The van der Waals surface area contributed by atoms with Crippen molar-refractivity contribution < 1.29 is 32.2 Å². The fourth-order valence-electron chi connectivity index (χ4n) is 4.50. The van der Waals surface area contributed by atoms with Gasteiger partial charge in [-0.05, 0) is 69.1 Å². The van der Waals surface area contributed by atoms with Gasteiger partial charge in [0.25, 0.3) is 5.56 Å². The number of fused-ring (bicyclic) bond motifs is 1. The number of hydrogen-bond acceptors (Lipinski definition) is 8. The monoisotopic (exact) mass is 607 g/mol. The van der Waals surface area contributed by atoms with Crippen LogP contribution < -0.4 is 10.9 Å². The summed E-state index contributed by atoms with van der Waals surface area (Å²) in [4.78, 5) is 37.6. The van der Waals surface area contributed by atoms with Gasteiger partial charge in [0.05, 0.1) is 4.90 Å². The van der Waals surface area contributed by atoms with Crippen LogP contribution in [0.3, 0.4) is 0 Å². The van der Waals surface area contributed by atoms with Gasteiger partial charge in [-0.3, -0.25) is 9.36 Å². The highest BCUT2D eigenvalue weighted by Crippen LogP contribution is 2.31. The van der Waals surface area contributed by atoms with Crippen molar-refractivity contribution in [2.75, 3.05) is 19.7 Å². The highest BCUT2D eigenvalue weighted by atomic mass is 32.2. The quantitative estimate of drug-likeness (QED) is 0.382. The molecule has 1 aliphatic rings. The first-order valence-corrected chi connectivity index (χ1v) is 15.6. The minimum atomic E-state index is -3.97. The predicted molar refractivity (Wildman–Crippen MR) is 160 cm³/mol. The van der Waals surface area contributed by atoms with E-state index in [2.05, 4.69) is 26.1 Å². The molecule has 1 fully saturated rings. The SMILES string of the molecule is CC(C)(C)CCC(C)(C)COC(=O)OCn1ccc2c(S(=O)(=O)N3CCC(NC(=O)OC(C)(C)C)C3)cccc2c1=O. The van der Waals surface area contributed by atoms with Crippen LogP contribution in [0.15, 0.2) is 40.2 Å². The molecule has 42 heavy (non-hydrogen) atoms. The van der Waals surface area contributed by atoms with Crippen LogP contribution in [-0.4, -0.2) is 60.9 Å². The number of nitrogens with zero attached hydrogens (tertiary/aromatic N) is 2. The summed E-state index contributed by atoms with van der Waals surface area (Å²) in [5.74, 6) is 0. The molecule has 234 valence electrons. The van der Waals surface area contributed by atoms with Crippen LogP contribution >= 0.6 is 0 Å². The molecule has 3 rings (SSSR count). The Morgan fingerprint density at radius 1 is 0.976 bits per heavy atom. The van der Waals surface area contributed by atoms with Gasteiger partial charge >= 0.3 is 12.2 Å². The van der Waals surface area contributed by atoms with Gasteiger partial charge in [0.2, 0.25) is 10.0 Å². The summed E-state index contributed by atoms with van der Waals surface area (Å²) in [5.41, 5.74) is -1.23. The van der Waals surface area contributed by atoms with E-state index in [9.17, 15) is 22.8 Å². The molecule has 12 heteroatoms. The third-order valence-corrected chi connectivity index (χ3v) is 8.85. The highest BCUT2D eigenvalue weighted by molar-refractivity contribution is 7.89. The molecule has 1 atom stereocenters. The minimum Gasteiger partial charge on any atom is -0.444 e. The normalized spacial score (nSPS) is 16.8.